The van der Waals surface area contributed by atoms with Crippen LogP contribution < -0.4 is 0 Å². The van der Waals surface area contributed by atoms with Gasteiger partial charge in [0.25, 0.3) is 0 Å². The Balaban J connectivity index is 2.18. The number of carbonyl (C=O) groups is 2. The Morgan fingerprint density at radius 3 is 2.68 bits per heavy atom. The van der Waals surface area contributed by atoms with E-state index in [2.05, 4.69) is 0 Å². The molecule has 2 fully saturated rings. The SMILES string of the molecule is CC(C)(C)OC(=O)N1CCC[C@@]2(C(=O)O)COC[C@H]12. The van der Waals surface area contributed by atoms with Gasteiger partial charge in [0.15, 0.2) is 0 Å². The summed E-state index contributed by atoms with van der Waals surface area (Å²) in [6.45, 7) is 6.36. The van der Waals surface area contributed by atoms with Gasteiger partial charge in [0, 0.05) is 6.54 Å². The van der Waals surface area contributed by atoms with Crippen LogP contribution in [-0.4, -0.2) is 53.5 Å². The van der Waals surface area contributed by atoms with E-state index in [1.165, 1.54) is 4.90 Å². The molecule has 0 aliphatic carbocycles. The van der Waals surface area contributed by atoms with Gasteiger partial charge in [-0.1, -0.05) is 0 Å². The van der Waals surface area contributed by atoms with Crippen LogP contribution >= 0.6 is 0 Å². The van der Waals surface area contributed by atoms with Crippen LogP contribution in [0.2, 0.25) is 0 Å². The molecule has 6 heteroatoms. The Hall–Kier alpha value is -1.30. The molecule has 6 nitrogen and oxygen atoms in total. The molecule has 0 bridgehead atoms. The first-order chi connectivity index (χ1) is 8.76. The molecule has 0 spiro atoms. The summed E-state index contributed by atoms with van der Waals surface area (Å²) < 4.78 is 10.7. The summed E-state index contributed by atoms with van der Waals surface area (Å²) >= 11 is 0. The van der Waals surface area contributed by atoms with E-state index < -0.39 is 29.1 Å². The summed E-state index contributed by atoms with van der Waals surface area (Å²) in [4.78, 5) is 25.3. The number of hydrogen-bond donors (Lipinski definition) is 1. The Morgan fingerprint density at radius 1 is 1.42 bits per heavy atom. The predicted molar refractivity (Wildman–Crippen MR) is 66.8 cm³/mol. The summed E-state index contributed by atoms with van der Waals surface area (Å²) in [5.74, 6) is -0.886. The van der Waals surface area contributed by atoms with Crippen LogP contribution in [0.25, 0.3) is 0 Å². The largest absolute Gasteiger partial charge is 0.481 e. The van der Waals surface area contributed by atoms with Crippen LogP contribution in [0.3, 0.4) is 0 Å². The Morgan fingerprint density at radius 2 is 2.11 bits per heavy atom. The number of carboxylic acids is 1. The molecule has 0 saturated carbocycles. The maximum atomic E-state index is 12.2. The van der Waals surface area contributed by atoms with E-state index in [0.29, 0.717) is 19.4 Å². The number of carboxylic acid groups (broad SMARTS) is 1. The van der Waals surface area contributed by atoms with Gasteiger partial charge in [-0.2, -0.15) is 0 Å². The highest BCUT2D eigenvalue weighted by atomic mass is 16.6. The van der Waals surface area contributed by atoms with Crippen molar-refractivity contribution in [1.82, 2.24) is 4.90 Å². The number of likely N-dealkylation sites (tertiary alicyclic amines) is 1. The molecule has 108 valence electrons. The molecule has 1 N–H and O–H groups in total. The zero-order chi connectivity index (χ0) is 14.3. The zero-order valence-corrected chi connectivity index (χ0v) is 11.6. The number of fused-ring (bicyclic) bond motifs is 1. The highest BCUT2D eigenvalue weighted by Crippen LogP contribution is 2.41. The lowest BCUT2D eigenvalue weighted by Crippen LogP contribution is -2.57. The van der Waals surface area contributed by atoms with Crippen molar-refractivity contribution in [1.29, 1.82) is 0 Å². The number of rotatable bonds is 1. The van der Waals surface area contributed by atoms with Crippen molar-refractivity contribution in [3.8, 4) is 0 Å². The standard InChI is InChI=1S/C13H21NO5/c1-12(2,3)19-11(17)14-6-4-5-13(10(15)16)8-18-7-9(13)14/h9H,4-8H2,1-3H3,(H,15,16)/t9-,13+/m0/s1. The number of carbonyl (C=O) groups excluding carboxylic acids is 1. The van der Waals surface area contributed by atoms with Gasteiger partial charge >= 0.3 is 12.1 Å². The normalized spacial score (nSPS) is 30.9. The number of aliphatic carboxylic acids is 1. The second-order valence-corrected chi connectivity index (χ2v) is 6.27. The lowest BCUT2D eigenvalue weighted by atomic mass is 9.75. The van der Waals surface area contributed by atoms with Crippen LogP contribution in [0.1, 0.15) is 33.6 Å². The molecular formula is C13H21NO5. The molecule has 0 aromatic rings. The fourth-order valence-corrected chi connectivity index (χ4v) is 2.81. The van der Waals surface area contributed by atoms with E-state index in [1.807, 2.05) is 0 Å². The molecule has 2 aliphatic rings. The molecule has 2 atom stereocenters. The predicted octanol–water partition coefficient (Wildman–Crippen LogP) is 1.49. The molecule has 2 rings (SSSR count). The van der Waals surface area contributed by atoms with Gasteiger partial charge in [0.05, 0.1) is 19.3 Å². The van der Waals surface area contributed by atoms with Gasteiger partial charge in [0.2, 0.25) is 0 Å². The van der Waals surface area contributed by atoms with Crippen molar-refractivity contribution >= 4 is 12.1 Å². The van der Waals surface area contributed by atoms with Gasteiger partial charge in [-0.3, -0.25) is 4.79 Å². The van der Waals surface area contributed by atoms with Crippen LogP contribution in [0, 0.1) is 5.41 Å². The van der Waals surface area contributed by atoms with Gasteiger partial charge in [0.1, 0.15) is 11.0 Å². The fourth-order valence-electron chi connectivity index (χ4n) is 2.81. The average Bonchev–Trinajstić information content (AvgIpc) is 2.70. The topological polar surface area (TPSA) is 76.1 Å². The minimum absolute atomic E-state index is 0.173. The minimum Gasteiger partial charge on any atom is -0.481 e. The highest BCUT2D eigenvalue weighted by molar-refractivity contribution is 5.78. The van der Waals surface area contributed by atoms with Gasteiger partial charge < -0.3 is 19.5 Å². The van der Waals surface area contributed by atoms with Crippen LogP contribution in [0.4, 0.5) is 4.79 Å². The summed E-state index contributed by atoms with van der Waals surface area (Å²) in [6.07, 6.45) is 0.755. The average molecular weight is 271 g/mol. The van der Waals surface area contributed by atoms with Crippen molar-refractivity contribution < 1.29 is 24.2 Å². The number of amides is 1. The molecular weight excluding hydrogens is 250 g/mol. The van der Waals surface area contributed by atoms with Crippen molar-refractivity contribution in [2.24, 2.45) is 5.41 Å². The third kappa shape index (κ3) is 2.54. The van der Waals surface area contributed by atoms with Crippen LogP contribution in [0.15, 0.2) is 0 Å². The maximum absolute atomic E-state index is 12.2. The molecule has 2 saturated heterocycles. The summed E-state index contributed by atoms with van der Waals surface area (Å²) in [7, 11) is 0. The second kappa shape index (κ2) is 4.67. The van der Waals surface area contributed by atoms with E-state index >= 15 is 0 Å². The summed E-state index contributed by atoms with van der Waals surface area (Å²) in [5.41, 5.74) is -1.55. The Bertz CT molecular complexity index is 389. The molecule has 0 aromatic carbocycles. The molecule has 2 heterocycles. The number of piperidine rings is 1. The molecule has 1 amide bonds. The third-order valence-electron chi connectivity index (χ3n) is 3.73. The van der Waals surface area contributed by atoms with E-state index in [4.69, 9.17) is 9.47 Å². The quantitative estimate of drug-likeness (QED) is 0.782. The first-order valence-corrected chi connectivity index (χ1v) is 6.57. The van der Waals surface area contributed by atoms with Crippen LogP contribution in [0.5, 0.6) is 0 Å². The molecule has 0 unspecified atom stereocenters. The lowest BCUT2D eigenvalue weighted by molar-refractivity contribution is -0.154. The summed E-state index contributed by atoms with van der Waals surface area (Å²) in [5, 5.41) is 9.47. The van der Waals surface area contributed by atoms with E-state index in [0.717, 1.165) is 0 Å². The Kier molecular flexibility index (Phi) is 3.47. The number of hydrogen-bond acceptors (Lipinski definition) is 4. The Labute approximate surface area is 112 Å². The zero-order valence-electron chi connectivity index (χ0n) is 11.6. The monoisotopic (exact) mass is 271 g/mol. The number of nitrogens with zero attached hydrogens (tertiary/aromatic N) is 1. The molecule has 2 aliphatic heterocycles. The molecule has 0 aromatic heterocycles. The smallest absolute Gasteiger partial charge is 0.410 e. The highest BCUT2D eigenvalue weighted by Gasteiger charge is 2.56. The van der Waals surface area contributed by atoms with Crippen molar-refractivity contribution in [2.45, 2.75) is 45.3 Å². The van der Waals surface area contributed by atoms with Crippen molar-refractivity contribution in [2.75, 3.05) is 19.8 Å². The van der Waals surface area contributed by atoms with Gasteiger partial charge in [-0.25, -0.2) is 4.79 Å². The van der Waals surface area contributed by atoms with E-state index in [1.54, 1.807) is 20.8 Å². The van der Waals surface area contributed by atoms with E-state index in [-0.39, 0.29) is 13.2 Å². The van der Waals surface area contributed by atoms with Crippen molar-refractivity contribution in [3.63, 3.8) is 0 Å². The second-order valence-electron chi connectivity index (χ2n) is 6.27. The van der Waals surface area contributed by atoms with Crippen LogP contribution in [-0.2, 0) is 14.3 Å². The molecule has 19 heavy (non-hydrogen) atoms. The first kappa shape index (κ1) is 14.1. The lowest BCUT2D eigenvalue weighted by Gasteiger charge is -2.42. The van der Waals surface area contributed by atoms with Gasteiger partial charge in [-0.05, 0) is 33.6 Å². The first-order valence-electron chi connectivity index (χ1n) is 6.57. The van der Waals surface area contributed by atoms with E-state index in [9.17, 15) is 14.7 Å². The fraction of sp³-hybridized carbons (Fsp3) is 0.846. The third-order valence-corrected chi connectivity index (χ3v) is 3.73. The summed E-state index contributed by atoms with van der Waals surface area (Å²) in [6, 6.07) is -0.423. The molecule has 0 radical (unpaired) electrons. The maximum Gasteiger partial charge on any atom is 0.410 e. The van der Waals surface area contributed by atoms with Gasteiger partial charge in [-0.15, -0.1) is 0 Å². The minimum atomic E-state index is -0.963. The number of ether oxygens (including phenoxy) is 2. The van der Waals surface area contributed by atoms with Crippen molar-refractivity contribution in [3.05, 3.63) is 0 Å².